The summed E-state index contributed by atoms with van der Waals surface area (Å²) in [5.74, 6) is 1.79. The van der Waals surface area contributed by atoms with Gasteiger partial charge in [0, 0.05) is 18.2 Å². The molecule has 0 aromatic heterocycles. The summed E-state index contributed by atoms with van der Waals surface area (Å²) in [4.78, 5) is 12.1. The van der Waals surface area contributed by atoms with Gasteiger partial charge in [0.25, 0.3) is 0 Å². The number of methoxy groups -OCH3 is 3. The molecule has 28 heavy (non-hydrogen) atoms. The Hall–Kier alpha value is -2.89. The lowest BCUT2D eigenvalue weighted by molar-refractivity contribution is 0.237. The number of rotatable bonds is 10. The molecule has 0 aliphatic rings. The van der Waals surface area contributed by atoms with Crippen LogP contribution in [0.3, 0.4) is 0 Å². The van der Waals surface area contributed by atoms with Gasteiger partial charge in [0.05, 0.1) is 21.3 Å². The molecule has 6 heteroatoms. The van der Waals surface area contributed by atoms with Crippen molar-refractivity contribution in [1.82, 2.24) is 10.6 Å². The quantitative estimate of drug-likeness (QED) is 0.655. The SMILES string of the molecule is COc1ccc(CCNC(=O)NC(C)CCc2ccccc2)c(OC)c1OC. The fraction of sp³-hybridized carbons (Fsp3) is 0.409. The summed E-state index contributed by atoms with van der Waals surface area (Å²) in [6, 6.07) is 13.9. The van der Waals surface area contributed by atoms with Crippen molar-refractivity contribution in [3.05, 3.63) is 53.6 Å². The van der Waals surface area contributed by atoms with Crippen LogP contribution in [0.4, 0.5) is 4.79 Å². The van der Waals surface area contributed by atoms with Crippen LogP contribution in [0.25, 0.3) is 0 Å². The minimum Gasteiger partial charge on any atom is -0.493 e. The van der Waals surface area contributed by atoms with Gasteiger partial charge in [0.15, 0.2) is 11.5 Å². The molecule has 2 aromatic rings. The normalized spacial score (nSPS) is 11.4. The number of benzene rings is 2. The molecule has 0 heterocycles. The Labute approximate surface area is 167 Å². The second kappa shape index (κ2) is 11.1. The lowest BCUT2D eigenvalue weighted by Gasteiger charge is -2.17. The van der Waals surface area contributed by atoms with E-state index in [9.17, 15) is 4.79 Å². The van der Waals surface area contributed by atoms with Crippen molar-refractivity contribution in [2.75, 3.05) is 27.9 Å². The van der Waals surface area contributed by atoms with E-state index >= 15 is 0 Å². The number of aryl methyl sites for hydroxylation is 1. The molecule has 1 atom stereocenters. The van der Waals surface area contributed by atoms with Crippen LogP contribution in [0, 0.1) is 0 Å². The maximum Gasteiger partial charge on any atom is 0.315 e. The van der Waals surface area contributed by atoms with Gasteiger partial charge in [-0.15, -0.1) is 0 Å². The zero-order valence-electron chi connectivity index (χ0n) is 17.1. The fourth-order valence-electron chi connectivity index (χ4n) is 3.05. The van der Waals surface area contributed by atoms with Crippen molar-refractivity contribution in [3.63, 3.8) is 0 Å². The van der Waals surface area contributed by atoms with Crippen LogP contribution < -0.4 is 24.8 Å². The molecule has 2 aromatic carbocycles. The first-order valence-corrected chi connectivity index (χ1v) is 9.45. The van der Waals surface area contributed by atoms with E-state index in [0.29, 0.717) is 30.2 Å². The molecule has 0 radical (unpaired) electrons. The number of carbonyl (C=O) groups excluding carboxylic acids is 1. The summed E-state index contributed by atoms with van der Waals surface area (Å²) in [7, 11) is 4.75. The third-order valence-corrected chi connectivity index (χ3v) is 4.55. The van der Waals surface area contributed by atoms with Gasteiger partial charge in [-0.05, 0) is 37.8 Å². The van der Waals surface area contributed by atoms with Gasteiger partial charge in [-0.2, -0.15) is 0 Å². The van der Waals surface area contributed by atoms with E-state index in [-0.39, 0.29) is 12.1 Å². The highest BCUT2D eigenvalue weighted by atomic mass is 16.5. The van der Waals surface area contributed by atoms with Crippen molar-refractivity contribution in [1.29, 1.82) is 0 Å². The Bertz CT molecular complexity index is 750. The molecule has 2 rings (SSSR count). The van der Waals surface area contributed by atoms with Gasteiger partial charge in [0.2, 0.25) is 5.75 Å². The largest absolute Gasteiger partial charge is 0.493 e. The predicted octanol–water partition coefficient (Wildman–Crippen LogP) is 3.58. The Kier molecular flexibility index (Phi) is 8.46. The highest BCUT2D eigenvalue weighted by Gasteiger charge is 2.16. The summed E-state index contributed by atoms with van der Waals surface area (Å²) < 4.78 is 16.2. The summed E-state index contributed by atoms with van der Waals surface area (Å²) >= 11 is 0. The number of amides is 2. The Morgan fingerprint density at radius 3 is 2.29 bits per heavy atom. The molecule has 6 nitrogen and oxygen atoms in total. The van der Waals surface area contributed by atoms with E-state index in [1.807, 2.05) is 37.3 Å². The molecule has 0 spiro atoms. The second-order valence-corrected chi connectivity index (χ2v) is 6.57. The molecule has 0 fully saturated rings. The molecule has 152 valence electrons. The number of ether oxygens (including phenoxy) is 3. The van der Waals surface area contributed by atoms with Gasteiger partial charge in [-0.25, -0.2) is 4.79 Å². The number of carbonyl (C=O) groups is 1. The molecular weight excluding hydrogens is 356 g/mol. The predicted molar refractivity (Wildman–Crippen MR) is 111 cm³/mol. The fourth-order valence-corrected chi connectivity index (χ4v) is 3.05. The first-order valence-electron chi connectivity index (χ1n) is 9.45. The van der Waals surface area contributed by atoms with E-state index in [1.165, 1.54) is 5.56 Å². The molecule has 0 saturated heterocycles. The highest BCUT2D eigenvalue weighted by molar-refractivity contribution is 5.74. The molecule has 0 saturated carbocycles. The molecule has 0 aliphatic heterocycles. The molecule has 2 amide bonds. The van der Waals surface area contributed by atoms with Crippen molar-refractivity contribution in [2.45, 2.75) is 32.2 Å². The summed E-state index contributed by atoms with van der Waals surface area (Å²) in [6.45, 7) is 2.50. The molecule has 2 N–H and O–H groups in total. The molecular formula is C22H30N2O4. The van der Waals surface area contributed by atoms with E-state index < -0.39 is 0 Å². The summed E-state index contributed by atoms with van der Waals surface area (Å²) in [6.07, 6.45) is 2.45. The number of nitrogens with one attached hydrogen (secondary N) is 2. The van der Waals surface area contributed by atoms with Crippen LogP contribution in [0.2, 0.25) is 0 Å². The number of hydrogen-bond donors (Lipinski definition) is 2. The zero-order valence-corrected chi connectivity index (χ0v) is 17.1. The third kappa shape index (κ3) is 6.08. The van der Waals surface area contributed by atoms with Gasteiger partial charge in [-0.3, -0.25) is 0 Å². The molecule has 1 unspecified atom stereocenters. The standard InChI is InChI=1S/C22H30N2O4/c1-16(10-11-17-8-6-5-7-9-17)24-22(25)23-15-14-18-12-13-19(26-2)21(28-4)20(18)27-3/h5-9,12-13,16H,10-11,14-15H2,1-4H3,(H2,23,24,25). The van der Waals surface area contributed by atoms with E-state index in [2.05, 4.69) is 22.8 Å². The number of hydrogen-bond acceptors (Lipinski definition) is 4. The Morgan fingerprint density at radius 2 is 1.64 bits per heavy atom. The van der Waals surface area contributed by atoms with Crippen molar-refractivity contribution >= 4 is 6.03 Å². The lowest BCUT2D eigenvalue weighted by Crippen LogP contribution is -2.41. The van der Waals surface area contributed by atoms with Crippen LogP contribution in [0.1, 0.15) is 24.5 Å². The van der Waals surface area contributed by atoms with Crippen molar-refractivity contribution in [2.24, 2.45) is 0 Å². The van der Waals surface area contributed by atoms with Gasteiger partial charge in [-0.1, -0.05) is 36.4 Å². The topological polar surface area (TPSA) is 68.8 Å². The van der Waals surface area contributed by atoms with Crippen LogP contribution >= 0.6 is 0 Å². The third-order valence-electron chi connectivity index (χ3n) is 4.55. The monoisotopic (exact) mass is 386 g/mol. The minimum absolute atomic E-state index is 0.0934. The van der Waals surface area contributed by atoms with Gasteiger partial charge < -0.3 is 24.8 Å². The maximum absolute atomic E-state index is 12.1. The van der Waals surface area contributed by atoms with E-state index in [0.717, 1.165) is 18.4 Å². The van der Waals surface area contributed by atoms with Crippen LogP contribution in [-0.4, -0.2) is 39.9 Å². The first-order chi connectivity index (χ1) is 13.6. The molecule has 0 bridgehead atoms. The average Bonchev–Trinajstić information content (AvgIpc) is 2.72. The second-order valence-electron chi connectivity index (χ2n) is 6.57. The summed E-state index contributed by atoms with van der Waals surface area (Å²) in [5, 5.41) is 5.88. The first kappa shape index (κ1) is 21.4. The number of urea groups is 1. The lowest BCUT2D eigenvalue weighted by atomic mass is 10.1. The van der Waals surface area contributed by atoms with Crippen LogP contribution in [0.15, 0.2) is 42.5 Å². The summed E-state index contributed by atoms with van der Waals surface area (Å²) in [5.41, 5.74) is 2.22. The Morgan fingerprint density at radius 1 is 0.929 bits per heavy atom. The maximum atomic E-state index is 12.1. The van der Waals surface area contributed by atoms with Crippen LogP contribution in [-0.2, 0) is 12.8 Å². The van der Waals surface area contributed by atoms with Crippen LogP contribution in [0.5, 0.6) is 17.2 Å². The zero-order chi connectivity index (χ0) is 20.4. The smallest absolute Gasteiger partial charge is 0.315 e. The van der Waals surface area contributed by atoms with E-state index in [1.54, 1.807) is 21.3 Å². The Balaban J connectivity index is 1.80. The van der Waals surface area contributed by atoms with Crippen molar-refractivity contribution < 1.29 is 19.0 Å². The van der Waals surface area contributed by atoms with Gasteiger partial charge in [0.1, 0.15) is 0 Å². The molecule has 0 aliphatic carbocycles. The average molecular weight is 386 g/mol. The highest BCUT2D eigenvalue weighted by Crippen LogP contribution is 2.39. The van der Waals surface area contributed by atoms with Crippen molar-refractivity contribution in [3.8, 4) is 17.2 Å². The van der Waals surface area contributed by atoms with E-state index in [4.69, 9.17) is 14.2 Å². The minimum atomic E-state index is -0.167. The van der Waals surface area contributed by atoms with Gasteiger partial charge >= 0.3 is 6.03 Å².